The molecule has 0 spiro atoms. The predicted molar refractivity (Wildman–Crippen MR) is 111 cm³/mol. The number of hydrogen-bond donors (Lipinski definition) is 1. The molecule has 1 amide bonds. The topological polar surface area (TPSA) is 79.6 Å². The number of hydrogen-bond acceptors (Lipinski definition) is 5. The van der Waals surface area contributed by atoms with Crippen LogP contribution in [0.15, 0.2) is 52.0 Å². The number of amides is 1. The molecule has 3 rings (SSSR count). The van der Waals surface area contributed by atoms with Gasteiger partial charge in [0.05, 0.1) is 22.8 Å². The van der Waals surface area contributed by atoms with Crippen molar-refractivity contribution in [3.8, 4) is 0 Å². The Bertz CT molecular complexity index is 864. The van der Waals surface area contributed by atoms with E-state index >= 15 is 0 Å². The van der Waals surface area contributed by atoms with Crippen molar-refractivity contribution < 1.29 is 17.6 Å². The summed E-state index contributed by atoms with van der Waals surface area (Å²) < 4.78 is 32.4. The van der Waals surface area contributed by atoms with Crippen LogP contribution in [-0.4, -0.2) is 44.0 Å². The average Bonchev–Trinajstić information content (AvgIpc) is 3.21. The maximum Gasteiger partial charge on any atom is 0.243 e. The molecule has 152 valence electrons. The van der Waals surface area contributed by atoms with E-state index in [0.29, 0.717) is 25.9 Å². The molecule has 0 bridgehead atoms. The molecule has 1 fully saturated rings. The van der Waals surface area contributed by atoms with Gasteiger partial charge in [-0.05, 0) is 44.0 Å². The van der Waals surface area contributed by atoms with Crippen LogP contribution in [0, 0.1) is 12.8 Å². The normalized spacial score (nSPS) is 18.1. The number of piperidine rings is 1. The molecule has 0 aliphatic carbocycles. The number of benzene rings is 1. The van der Waals surface area contributed by atoms with Gasteiger partial charge in [0, 0.05) is 25.4 Å². The third-order valence-corrected chi connectivity index (χ3v) is 7.64. The van der Waals surface area contributed by atoms with E-state index in [0.717, 1.165) is 22.8 Å². The van der Waals surface area contributed by atoms with E-state index in [1.807, 2.05) is 19.1 Å². The molecular weight excluding hydrogens is 396 g/mol. The number of nitrogens with one attached hydrogen (secondary N) is 1. The highest BCUT2D eigenvalue weighted by Crippen LogP contribution is 2.24. The molecule has 1 atom stereocenters. The van der Waals surface area contributed by atoms with Crippen LogP contribution < -0.4 is 5.32 Å². The fourth-order valence-electron chi connectivity index (χ4n) is 3.19. The zero-order valence-electron chi connectivity index (χ0n) is 16.0. The first-order chi connectivity index (χ1) is 13.5. The van der Waals surface area contributed by atoms with Gasteiger partial charge in [-0.15, -0.1) is 0 Å². The van der Waals surface area contributed by atoms with Crippen molar-refractivity contribution in [1.82, 2.24) is 9.62 Å². The van der Waals surface area contributed by atoms with Crippen LogP contribution in [0.5, 0.6) is 0 Å². The minimum Gasteiger partial charge on any atom is -0.468 e. The van der Waals surface area contributed by atoms with Crippen LogP contribution in [0.1, 0.15) is 24.2 Å². The van der Waals surface area contributed by atoms with Gasteiger partial charge in [0.1, 0.15) is 5.76 Å². The predicted octanol–water partition coefficient (Wildman–Crippen LogP) is 3.04. The summed E-state index contributed by atoms with van der Waals surface area (Å²) in [4.78, 5) is 12.8. The second-order valence-electron chi connectivity index (χ2n) is 6.94. The minimum atomic E-state index is -3.56. The summed E-state index contributed by atoms with van der Waals surface area (Å²) in [5.41, 5.74) is 1.01. The van der Waals surface area contributed by atoms with E-state index in [1.165, 1.54) is 4.31 Å². The van der Waals surface area contributed by atoms with Crippen molar-refractivity contribution in [2.45, 2.75) is 30.4 Å². The monoisotopic (exact) mass is 422 g/mol. The van der Waals surface area contributed by atoms with Gasteiger partial charge in [0.15, 0.2) is 0 Å². The quantitative estimate of drug-likeness (QED) is 0.662. The molecule has 1 aromatic heterocycles. The number of sulfonamides is 1. The molecule has 1 unspecified atom stereocenters. The summed E-state index contributed by atoms with van der Waals surface area (Å²) in [6.07, 6.45) is 3.05. The minimum absolute atomic E-state index is 0.0672. The van der Waals surface area contributed by atoms with Crippen molar-refractivity contribution in [2.75, 3.05) is 25.4 Å². The van der Waals surface area contributed by atoms with Gasteiger partial charge in [-0.1, -0.05) is 17.7 Å². The molecule has 6 nitrogen and oxygen atoms in total. The van der Waals surface area contributed by atoms with E-state index < -0.39 is 10.0 Å². The Kier molecular flexibility index (Phi) is 7.20. The van der Waals surface area contributed by atoms with Gasteiger partial charge < -0.3 is 9.73 Å². The summed E-state index contributed by atoms with van der Waals surface area (Å²) in [5.74, 6) is 2.10. The van der Waals surface area contributed by atoms with Crippen LogP contribution in [0.4, 0.5) is 0 Å². The maximum absolute atomic E-state index is 12.9. The Morgan fingerprint density at radius 2 is 2.07 bits per heavy atom. The second-order valence-corrected chi connectivity index (χ2v) is 9.98. The molecule has 0 saturated carbocycles. The van der Waals surface area contributed by atoms with Crippen molar-refractivity contribution in [1.29, 1.82) is 0 Å². The summed E-state index contributed by atoms with van der Waals surface area (Å²) in [7, 11) is -3.56. The Balaban J connectivity index is 1.48. The first-order valence-corrected chi connectivity index (χ1v) is 12.0. The van der Waals surface area contributed by atoms with Crippen molar-refractivity contribution in [2.24, 2.45) is 5.92 Å². The highest BCUT2D eigenvalue weighted by molar-refractivity contribution is 7.98. The molecular formula is C20H26N2O4S2. The van der Waals surface area contributed by atoms with E-state index in [-0.39, 0.29) is 23.3 Å². The smallest absolute Gasteiger partial charge is 0.243 e. The number of nitrogens with zero attached hydrogens (tertiary/aromatic N) is 1. The molecule has 2 aromatic rings. The average molecular weight is 423 g/mol. The fraction of sp³-hybridized carbons (Fsp3) is 0.450. The third kappa shape index (κ3) is 5.40. The van der Waals surface area contributed by atoms with Crippen LogP contribution in [-0.2, 0) is 20.6 Å². The second kappa shape index (κ2) is 9.62. The van der Waals surface area contributed by atoms with Gasteiger partial charge in [0.2, 0.25) is 15.9 Å². The first-order valence-electron chi connectivity index (χ1n) is 9.41. The number of furan rings is 1. The molecule has 1 N–H and O–H groups in total. The molecule has 28 heavy (non-hydrogen) atoms. The number of carbonyl (C=O) groups excluding carboxylic acids is 1. The van der Waals surface area contributed by atoms with Gasteiger partial charge in [-0.25, -0.2) is 8.42 Å². The lowest BCUT2D eigenvalue weighted by Crippen LogP contribution is -2.45. The van der Waals surface area contributed by atoms with Crippen molar-refractivity contribution >= 4 is 27.7 Å². The molecule has 1 saturated heterocycles. The van der Waals surface area contributed by atoms with Gasteiger partial charge in [-0.2, -0.15) is 16.1 Å². The Morgan fingerprint density at radius 3 is 2.79 bits per heavy atom. The summed E-state index contributed by atoms with van der Waals surface area (Å²) in [6.45, 7) is 3.18. The Labute approximate surface area is 170 Å². The summed E-state index contributed by atoms with van der Waals surface area (Å²) in [5, 5.41) is 2.94. The molecule has 0 radical (unpaired) electrons. The van der Waals surface area contributed by atoms with Crippen LogP contribution in [0.2, 0.25) is 0 Å². The molecule has 1 aliphatic heterocycles. The number of carbonyl (C=O) groups is 1. The van der Waals surface area contributed by atoms with E-state index in [9.17, 15) is 13.2 Å². The zero-order chi connectivity index (χ0) is 20.0. The zero-order valence-corrected chi connectivity index (χ0v) is 17.6. The van der Waals surface area contributed by atoms with Gasteiger partial charge in [0.25, 0.3) is 0 Å². The van der Waals surface area contributed by atoms with Crippen LogP contribution >= 0.6 is 11.8 Å². The first kappa shape index (κ1) is 21.0. The SMILES string of the molecule is Cc1ccc(S(=O)(=O)N2CCCC(C(=O)NCCSCc3ccco3)C2)cc1. The molecule has 1 aliphatic rings. The largest absolute Gasteiger partial charge is 0.468 e. The Hall–Kier alpha value is -1.77. The fourth-order valence-corrected chi connectivity index (χ4v) is 5.47. The molecule has 8 heteroatoms. The number of rotatable bonds is 8. The Morgan fingerprint density at radius 1 is 1.29 bits per heavy atom. The lowest BCUT2D eigenvalue weighted by atomic mass is 9.99. The molecule has 2 heterocycles. The highest BCUT2D eigenvalue weighted by atomic mass is 32.2. The van der Waals surface area contributed by atoms with Crippen LogP contribution in [0.25, 0.3) is 0 Å². The van der Waals surface area contributed by atoms with E-state index in [4.69, 9.17) is 4.42 Å². The van der Waals surface area contributed by atoms with Crippen molar-refractivity contribution in [3.63, 3.8) is 0 Å². The lowest BCUT2D eigenvalue weighted by Gasteiger charge is -2.31. The summed E-state index contributed by atoms with van der Waals surface area (Å²) in [6, 6.07) is 10.6. The maximum atomic E-state index is 12.9. The van der Waals surface area contributed by atoms with E-state index in [1.54, 1.807) is 42.3 Å². The van der Waals surface area contributed by atoms with Crippen molar-refractivity contribution in [3.05, 3.63) is 54.0 Å². The lowest BCUT2D eigenvalue weighted by molar-refractivity contribution is -0.125. The van der Waals surface area contributed by atoms with E-state index in [2.05, 4.69) is 5.32 Å². The standard InChI is InChI=1S/C20H26N2O4S2/c1-16-6-8-19(9-7-16)28(24,25)22-11-2-4-17(14-22)20(23)21-10-13-27-15-18-5-3-12-26-18/h3,5-9,12,17H,2,4,10-11,13-15H2,1H3,(H,21,23). The summed E-state index contributed by atoms with van der Waals surface area (Å²) >= 11 is 1.69. The van der Waals surface area contributed by atoms with Gasteiger partial charge >= 0.3 is 0 Å². The molecule has 1 aromatic carbocycles. The van der Waals surface area contributed by atoms with Gasteiger partial charge in [-0.3, -0.25) is 4.79 Å². The highest BCUT2D eigenvalue weighted by Gasteiger charge is 2.33. The van der Waals surface area contributed by atoms with Crippen LogP contribution in [0.3, 0.4) is 0 Å². The third-order valence-electron chi connectivity index (χ3n) is 4.78. The number of thioether (sulfide) groups is 1. The number of aryl methyl sites for hydroxylation is 1.